The van der Waals surface area contributed by atoms with Crippen molar-refractivity contribution in [3.05, 3.63) is 29.8 Å². The van der Waals surface area contributed by atoms with Crippen molar-refractivity contribution >= 4 is 11.8 Å². The Morgan fingerprint density at radius 2 is 2.06 bits per heavy atom. The number of benzene rings is 1. The molecular formula is C14H22N2O2. The highest BCUT2D eigenvalue weighted by atomic mass is 16.6. The number of anilines is 1. The van der Waals surface area contributed by atoms with E-state index in [1.807, 2.05) is 45.0 Å². The van der Waals surface area contributed by atoms with Crippen molar-refractivity contribution in [2.45, 2.75) is 39.8 Å². The van der Waals surface area contributed by atoms with Gasteiger partial charge in [0.05, 0.1) is 0 Å². The summed E-state index contributed by atoms with van der Waals surface area (Å²) in [5.41, 5.74) is 1.40. The first-order valence-electron chi connectivity index (χ1n) is 6.20. The van der Waals surface area contributed by atoms with Gasteiger partial charge in [-0.25, -0.2) is 4.79 Å². The second-order valence-corrected chi connectivity index (χ2v) is 5.11. The van der Waals surface area contributed by atoms with Crippen molar-refractivity contribution in [2.75, 3.05) is 11.9 Å². The van der Waals surface area contributed by atoms with Crippen LogP contribution in [0.5, 0.6) is 0 Å². The SMILES string of the molecule is CCNCc1cccc(NC(=O)OC(C)(C)C)c1. The van der Waals surface area contributed by atoms with E-state index in [0.29, 0.717) is 0 Å². The molecule has 2 N–H and O–H groups in total. The topological polar surface area (TPSA) is 50.4 Å². The Balaban J connectivity index is 2.59. The highest BCUT2D eigenvalue weighted by molar-refractivity contribution is 5.84. The van der Waals surface area contributed by atoms with E-state index in [1.165, 1.54) is 0 Å². The molecule has 18 heavy (non-hydrogen) atoms. The summed E-state index contributed by atoms with van der Waals surface area (Å²) in [6, 6.07) is 7.72. The fourth-order valence-electron chi connectivity index (χ4n) is 1.45. The molecule has 100 valence electrons. The standard InChI is InChI=1S/C14H22N2O2/c1-5-15-10-11-7-6-8-12(9-11)16-13(17)18-14(2,3)4/h6-9,15H,5,10H2,1-4H3,(H,16,17). The molecular weight excluding hydrogens is 228 g/mol. The monoisotopic (exact) mass is 250 g/mol. The Morgan fingerprint density at radius 3 is 2.67 bits per heavy atom. The van der Waals surface area contributed by atoms with E-state index in [4.69, 9.17) is 4.74 Å². The second kappa shape index (κ2) is 6.40. The Hall–Kier alpha value is -1.55. The van der Waals surface area contributed by atoms with Crippen molar-refractivity contribution in [1.82, 2.24) is 5.32 Å². The molecule has 0 aliphatic heterocycles. The van der Waals surface area contributed by atoms with Crippen molar-refractivity contribution in [3.8, 4) is 0 Å². The quantitative estimate of drug-likeness (QED) is 0.863. The van der Waals surface area contributed by atoms with Crippen LogP contribution in [0.25, 0.3) is 0 Å². The average molecular weight is 250 g/mol. The van der Waals surface area contributed by atoms with Crippen molar-refractivity contribution in [2.24, 2.45) is 0 Å². The second-order valence-electron chi connectivity index (χ2n) is 5.11. The Morgan fingerprint density at radius 1 is 1.33 bits per heavy atom. The van der Waals surface area contributed by atoms with Gasteiger partial charge < -0.3 is 10.1 Å². The fraction of sp³-hybridized carbons (Fsp3) is 0.500. The number of rotatable bonds is 4. The van der Waals surface area contributed by atoms with Gasteiger partial charge in [-0.3, -0.25) is 5.32 Å². The van der Waals surface area contributed by atoms with Gasteiger partial charge in [-0.15, -0.1) is 0 Å². The number of carbonyl (C=O) groups excluding carboxylic acids is 1. The maximum Gasteiger partial charge on any atom is 0.412 e. The number of amides is 1. The lowest BCUT2D eigenvalue weighted by atomic mass is 10.2. The maximum atomic E-state index is 11.6. The van der Waals surface area contributed by atoms with Gasteiger partial charge in [0.25, 0.3) is 0 Å². The molecule has 0 unspecified atom stereocenters. The van der Waals surface area contributed by atoms with Gasteiger partial charge >= 0.3 is 6.09 Å². The smallest absolute Gasteiger partial charge is 0.412 e. The molecule has 1 rings (SSSR count). The lowest BCUT2D eigenvalue weighted by Gasteiger charge is -2.19. The number of hydrogen-bond donors (Lipinski definition) is 2. The Kier molecular flexibility index (Phi) is 5.16. The molecule has 0 spiro atoms. The largest absolute Gasteiger partial charge is 0.444 e. The first-order chi connectivity index (χ1) is 8.40. The van der Waals surface area contributed by atoms with Gasteiger partial charge in [0.2, 0.25) is 0 Å². The number of nitrogens with one attached hydrogen (secondary N) is 2. The van der Waals surface area contributed by atoms with Gasteiger partial charge in [-0.1, -0.05) is 19.1 Å². The number of carbonyl (C=O) groups is 1. The van der Waals surface area contributed by atoms with E-state index in [0.717, 1.165) is 24.3 Å². The number of hydrogen-bond acceptors (Lipinski definition) is 3. The lowest BCUT2D eigenvalue weighted by molar-refractivity contribution is 0.0636. The van der Waals surface area contributed by atoms with Crippen LogP contribution in [0.15, 0.2) is 24.3 Å². The molecule has 0 fully saturated rings. The van der Waals surface area contributed by atoms with Crippen LogP contribution in [0, 0.1) is 0 Å². The highest BCUT2D eigenvalue weighted by Crippen LogP contribution is 2.13. The third-order valence-corrected chi connectivity index (χ3v) is 2.15. The predicted molar refractivity (Wildman–Crippen MR) is 73.7 cm³/mol. The van der Waals surface area contributed by atoms with E-state index in [-0.39, 0.29) is 0 Å². The fourth-order valence-corrected chi connectivity index (χ4v) is 1.45. The van der Waals surface area contributed by atoms with Gasteiger partial charge in [0.15, 0.2) is 0 Å². The first-order valence-corrected chi connectivity index (χ1v) is 6.20. The van der Waals surface area contributed by atoms with Crippen LogP contribution in [0.3, 0.4) is 0 Å². The summed E-state index contributed by atoms with van der Waals surface area (Å²) < 4.78 is 5.20. The summed E-state index contributed by atoms with van der Waals surface area (Å²) >= 11 is 0. The van der Waals surface area contributed by atoms with E-state index in [9.17, 15) is 4.79 Å². The maximum absolute atomic E-state index is 11.6. The molecule has 4 heteroatoms. The Bertz CT molecular complexity index is 397. The van der Waals surface area contributed by atoms with Crippen LogP contribution in [0.2, 0.25) is 0 Å². The van der Waals surface area contributed by atoms with Gasteiger partial charge in [0, 0.05) is 12.2 Å². The minimum atomic E-state index is -0.481. The lowest BCUT2D eigenvalue weighted by Crippen LogP contribution is -2.27. The molecule has 0 saturated carbocycles. The van der Waals surface area contributed by atoms with Crippen molar-refractivity contribution in [3.63, 3.8) is 0 Å². The average Bonchev–Trinajstić information content (AvgIpc) is 2.24. The van der Waals surface area contributed by atoms with E-state index >= 15 is 0 Å². The van der Waals surface area contributed by atoms with Crippen molar-refractivity contribution < 1.29 is 9.53 Å². The number of ether oxygens (including phenoxy) is 1. The summed E-state index contributed by atoms with van der Waals surface area (Å²) in [7, 11) is 0. The summed E-state index contributed by atoms with van der Waals surface area (Å²) in [6.45, 7) is 9.30. The third kappa shape index (κ3) is 5.68. The molecule has 0 radical (unpaired) electrons. The molecule has 0 heterocycles. The van der Waals surface area contributed by atoms with Crippen LogP contribution < -0.4 is 10.6 Å². The summed E-state index contributed by atoms with van der Waals surface area (Å²) in [5, 5.41) is 5.97. The molecule has 0 bridgehead atoms. The zero-order valence-corrected chi connectivity index (χ0v) is 11.5. The third-order valence-electron chi connectivity index (χ3n) is 2.15. The van der Waals surface area contributed by atoms with Gasteiger partial charge in [-0.05, 0) is 45.0 Å². The minimum Gasteiger partial charge on any atom is -0.444 e. The summed E-state index contributed by atoms with van der Waals surface area (Å²) in [5.74, 6) is 0. The highest BCUT2D eigenvalue weighted by Gasteiger charge is 2.16. The molecule has 1 aromatic carbocycles. The summed E-state index contributed by atoms with van der Waals surface area (Å²) in [6.07, 6.45) is -0.428. The molecule has 0 atom stereocenters. The molecule has 0 aliphatic carbocycles. The predicted octanol–water partition coefficient (Wildman–Crippen LogP) is 3.14. The molecule has 1 amide bonds. The minimum absolute atomic E-state index is 0.428. The van der Waals surface area contributed by atoms with Gasteiger partial charge in [-0.2, -0.15) is 0 Å². The van der Waals surface area contributed by atoms with Crippen LogP contribution in [0.4, 0.5) is 10.5 Å². The van der Waals surface area contributed by atoms with E-state index < -0.39 is 11.7 Å². The van der Waals surface area contributed by atoms with E-state index in [2.05, 4.69) is 17.6 Å². The van der Waals surface area contributed by atoms with Crippen LogP contribution >= 0.6 is 0 Å². The first kappa shape index (κ1) is 14.5. The van der Waals surface area contributed by atoms with Gasteiger partial charge in [0.1, 0.15) is 5.60 Å². The molecule has 0 aromatic heterocycles. The van der Waals surface area contributed by atoms with E-state index in [1.54, 1.807) is 0 Å². The molecule has 0 aliphatic rings. The van der Waals surface area contributed by atoms with Crippen LogP contribution in [-0.2, 0) is 11.3 Å². The zero-order chi connectivity index (χ0) is 13.6. The molecule has 4 nitrogen and oxygen atoms in total. The van der Waals surface area contributed by atoms with Crippen LogP contribution in [-0.4, -0.2) is 18.2 Å². The molecule has 0 saturated heterocycles. The van der Waals surface area contributed by atoms with Crippen molar-refractivity contribution in [1.29, 1.82) is 0 Å². The zero-order valence-electron chi connectivity index (χ0n) is 11.5. The van der Waals surface area contributed by atoms with Crippen LogP contribution in [0.1, 0.15) is 33.3 Å². The Labute approximate surface area is 109 Å². The molecule has 1 aromatic rings. The normalized spacial score (nSPS) is 11.1. The summed E-state index contributed by atoms with van der Waals surface area (Å²) in [4.78, 5) is 11.6.